The number of nitrogens with zero attached hydrogens (tertiary/aromatic N) is 2. The molecule has 0 aliphatic heterocycles. The molecule has 0 spiro atoms. The van der Waals surface area contributed by atoms with E-state index in [9.17, 15) is 26.9 Å². The lowest BCUT2D eigenvalue weighted by Crippen LogP contribution is -2.32. The second-order valence-electron chi connectivity index (χ2n) is 4.41. The molecule has 11 heteroatoms. The summed E-state index contributed by atoms with van der Waals surface area (Å²) in [7, 11) is -6.43. The highest BCUT2D eigenvalue weighted by atomic mass is 32.2. The second-order valence-corrected chi connectivity index (χ2v) is 8.68. The van der Waals surface area contributed by atoms with Crippen LogP contribution < -0.4 is 5.73 Å². The van der Waals surface area contributed by atoms with Gasteiger partial charge in [-0.3, -0.25) is 10.1 Å². The molecule has 0 heterocycles. The number of sulfonamides is 1. The first-order valence-electron chi connectivity index (χ1n) is 5.64. The Hall–Kier alpha value is -1.72. The summed E-state index contributed by atoms with van der Waals surface area (Å²) >= 11 is 0. The van der Waals surface area contributed by atoms with E-state index in [1.165, 1.54) is 12.1 Å². The topological polar surface area (TPSA) is 141 Å². The molecule has 0 aliphatic rings. The minimum absolute atomic E-state index is 0.280. The van der Waals surface area contributed by atoms with Crippen LogP contribution in [-0.2, 0) is 19.9 Å². The van der Waals surface area contributed by atoms with Crippen LogP contribution in [0.2, 0.25) is 0 Å². The molecule has 0 atom stereocenters. The van der Waals surface area contributed by atoms with Gasteiger partial charge in [-0.2, -0.15) is 4.31 Å². The predicted molar refractivity (Wildman–Crippen MR) is 77.0 cm³/mol. The molecule has 9 nitrogen and oxygen atoms in total. The van der Waals surface area contributed by atoms with Crippen LogP contribution in [-0.4, -0.2) is 51.7 Å². The predicted octanol–water partition coefficient (Wildman–Crippen LogP) is -0.158. The Morgan fingerprint density at radius 1 is 1.29 bits per heavy atom. The van der Waals surface area contributed by atoms with Crippen LogP contribution in [0, 0.1) is 10.1 Å². The monoisotopic (exact) mass is 337 g/mol. The van der Waals surface area contributed by atoms with E-state index in [1.54, 1.807) is 0 Å². The minimum atomic E-state index is -4.21. The zero-order valence-corrected chi connectivity index (χ0v) is 13.0. The van der Waals surface area contributed by atoms with Crippen LogP contribution in [0.3, 0.4) is 0 Å². The Balaban J connectivity index is 3.26. The maximum Gasteiger partial charge on any atom is 0.312 e. The average Bonchev–Trinajstić information content (AvgIpc) is 2.34. The largest absolute Gasteiger partial charge is 0.393 e. The van der Waals surface area contributed by atoms with Crippen molar-refractivity contribution in [3.05, 3.63) is 28.3 Å². The van der Waals surface area contributed by atoms with Crippen molar-refractivity contribution in [2.24, 2.45) is 0 Å². The molecule has 0 amide bonds. The van der Waals surface area contributed by atoms with Crippen LogP contribution in [0.25, 0.3) is 0 Å². The number of sulfone groups is 1. The molecule has 0 saturated heterocycles. The molecule has 0 aromatic heterocycles. The zero-order valence-electron chi connectivity index (χ0n) is 11.4. The standard InChI is InChI=1S/C10H15N3O6S2/c1-12(6-7-20(2,16)17)21(18,19)9-5-3-4-8(11)10(9)13(14)15/h3-5H,6-7,11H2,1-2H3. The van der Waals surface area contributed by atoms with Gasteiger partial charge in [-0.15, -0.1) is 0 Å². The molecule has 118 valence electrons. The molecule has 0 radical (unpaired) electrons. The number of hydrogen-bond acceptors (Lipinski definition) is 7. The molecule has 1 aromatic rings. The van der Waals surface area contributed by atoms with Gasteiger partial charge < -0.3 is 5.73 Å². The van der Waals surface area contributed by atoms with E-state index in [2.05, 4.69) is 0 Å². The third-order valence-corrected chi connectivity index (χ3v) is 5.49. The van der Waals surface area contributed by atoms with Gasteiger partial charge in [0.15, 0.2) is 4.90 Å². The van der Waals surface area contributed by atoms with Crippen molar-refractivity contribution in [2.75, 3.05) is 31.3 Å². The summed E-state index contributed by atoms with van der Waals surface area (Å²) < 4.78 is 47.5. The number of nitro benzene ring substituents is 1. The highest BCUT2D eigenvalue weighted by molar-refractivity contribution is 7.91. The summed E-state index contributed by atoms with van der Waals surface area (Å²) in [5.41, 5.74) is 4.44. The molecule has 0 saturated carbocycles. The smallest absolute Gasteiger partial charge is 0.312 e. The third-order valence-electron chi connectivity index (χ3n) is 2.68. The molecule has 0 bridgehead atoms. The number of hydrogen-bond donors (Lipinski definition) is 1. The van der Waals surface area contributed by atoms with Crippen LogP contribution in [0.5, 0.6) is 0 Å². The lowest BCUT2D eigenvalue weighted by molar-refractivity contribution is -0.386. The SMILES string of the molecule is CN(CCS(C)(=O)=O)S(=O)(=O)c1cccc(N)c1[N+](=O)[O-]. The van der Waals surface area contributed by atoms with Crippen molar-refractivity contribution in [1.29, 1.82) is 0 Å². The summed E-state index contributed by atoms with van der Waals surface area (Å²) in [5, 5.41) is 11.0. The Morgan fingerprint density at radius 3 is 2.33 bits per heavy atom. The summed E-state index contributed by atoms with van der Waals surface area (Å²) in [6, 6.07) is 3.55. The maximum atomic E-state index is 12.3. The van der Waals surface area contributed by atoms with Gasteiger partial charge in [0.1, 0.15) is 15.5 Å². The van der Waals surface area contributed by atoms with Crippen LogP contribution >= 0.6 is 0 Å². The number of benzene rings is 1. The number of rotatable bonds is 6. The number of nitro groups is 1. The fraction of sp³-hybridized carbons (Fsp3) is 0.400. The van der Waals surface area contributed by atoms with E-state index in [-0.39, 0.29) is 12.2 Å². The summed E-state index contributed by atoms with van der Waals surface area (Å²) in [4.78, 5) is 9.53. The fourth-order valence-electron chi connectivity index (χ4n) is 1.53. The number of anilines is 1. The van der Waals surface area contributed by atoms with E-state index in [0.29, 0.717) is 0 Å². The normalized spacial score (nSPS) is 12.5. The summed E-state index contributed by atoms with van der Waals surface area (Å²) in [6.45, 7) is -0.312. The second kappa shape index (κ2) is 5.95. The van der Waals surface area contributed by atoms with Crippen molar-refractivity contribution >= 4 is 31.2 Å². The van der Waals surface area contributed by atoms with Crippen molar-refractivity contribution in [3.8, 4) is 0 Å². The van der Waals surface area contributed by atoms with Crippen LogP contribution in [0.4, 0.5) is 11.4 Å². The van der Waals surface area contributed by atoms with E-state index in [4.69, 9.17) is 5.73 Å². The quantitative estimate of drug-likeness (QED) is 0.432. The first-order valence-corrected chi connectivity index (χ1v) is 9.14. The Bertz CT molecular complexity index is 757. The average molecular weight is 337 g/mol. The van der Waals surface area contributed by atoms with Crippen molar-refractivity contribution in [3.63, 3.8) is 0 Å². The highest BCUT2D eigenvalue weighted by Crippen LogP contribution is 2.31. The van der Waals surface area contributed by atoms with Gasteiger partial charge in [0.05, 0.1) is 10.7 Å². The van der Waals surface area contributed by atoms with Crippen LogP contribution in [0.15, 0.2) is 23.1 Å². The molecular weight excluding hydrogens is 322 g/mol. The number of para-hydroxylation sites is 1. The number of nitrogens with two attached hydrogens (primary N) is 1. The lowest BCUT2D eigenvalue weighted by atomic mass is 10.3. The van der Waals surface area contributed by atoms with E-state index >= 15 is 0 Å². The third kappa shape index (κ3) is 4.12. The first-order chi connectivity index (χ1) is 9.47. The van der Waals surface area contributed by atoms with Gasteiger partial charge in [-0.25, -0.2) is 16.8 Å². The van der Waals surface area contributed by atoms with Gasteiger partial charge in [0.2, 0.25) is 10.0 Å². The summed E-state index contributed by atoms with van der Waals surface area (Å²) in [6.07, 6.45) is 0.969. The maximum absolute atomic E-state index is 12.3. The first kappa shape index (κ1) is 17.3. The van der Waals surface area contributed by atoms with Crippen molar-refractivity contribution in [1.82, 2.24) is 4.31 Å². The Labute approximate surface area is 122 Å². The van der Waals surface area contributed by atoms with Crippen molar-refractivity contribution < 1.29 is 21.8 Å². The van der Waals surface area contributed by atoms with Crippen molar-refractivity contribution in [2.45, 2.75) is 4.90 Å². The molecule has 0 fully saturated rings. The van der Waals surface area contributed by atoms with Gasteiger partial charge in [0.25, 0.3) is 0 Å². The molecule has 0 aliphatic carbocycles. The highest BCUT2D eigenvalue weighted by Gasteiger charge is 2.31. The lowest BCUT2D eigenvalue weighted by Gasteiger charge is -2.17. The van der Waals surface area contributed by atoms with Gasteiger partial charge in [-0.1, -0.05) is 6.07 Å². The summed E-state index contributed by atoms with van der Waals surface area (Å²) in [5.74, 6) is -0.390. The minimum Gasteiger partial charge on any atom is -0.393 e. The van der Waals surface area contributed by atoms with Gasteiger partial charge in [0, 0.05) is 19.8 Å². The Kier molecular flexibility index (Phi) is 4.91. The van der Waals surface area contributed by atoms with Gasteiger partial charge in [-0.05, 0) is 12.1 Å². The molecule has 1 aromatic carbocycles. The van der Waals surface area contributed by atoms with Crippen LogP contribution in [0.1, 0.15) is 0 Å². The van der Waals surface area contributed by atoms with E-state index in [0.717, 1.165) is 23.7 Å². The molecule has 2 N–H and O–H groups in total. The number of nitrogen functional groups attached to an aromatic ring is 1. The zero-order chi connectivity index (χ0) is 16.4. The molecule has 0 unspecified atom stereocenters. The molecule has 21 heavy (non-hydrogen) atoms. The molecular formula is C10H15N3O6S2. The van der Waals surface area contributed by atoms with Gasteiger partial charge >= 0.3 is 5.69 Å². The van der Waals surface area contributed by atoms with E-state index < -0.39 is 41.1 Å². The Morgan fingerprint density at radius 2 is 1.86 bits per heavy atom. The molecule has 1 rings (SSSR count). The fourth-order valence-corrected chi connectivity index (χ4v) is 3.60. The van der Waals surface area contributed by atoms with E-state index in [1.807, 2.05) is 0 Å².